The van der Waals surface area contributed by atoms with Gasteiger partial charge in [-0.25, -0.2) is 0 Å². The van der Waals surface area contributed by atoms with E-state index in [0.717, 1.165) is 12.4 Å². The number of hydrogen-bond acceptors (Lipinski definition) is 6. The van der Waals surface area contributed by atoms with Crippen molar-refractivity contribution in [2.45, 2.75) is 31.0 Å². The molecule has 124 valence electrons. The summed E-state index contributed by atoms with van der Waals surface area (Å²) in [6, 6.07) is 0. The minimum atomic E-state index is -1.26. The number of rotatable bonds is 4. The summed E-state index contributed by atoms with van der Waals surface area (Å²) < 4.78 is 5.72. The summed E-state index contributed by atoms with van der Waals surface area (Å²) in [5, 5.41) is 32.2. The average Bonchev–Trinajstić information content (AvgIpc) is 2.68. The van der Waals surface area contributed by atoms with Crippen molar-refractivity contribution in [1.29, 1.82) is 0 Å². The second-order valence-electron chi connectivity index (χ2n) is 6.32. The van der Waals surface area contributed by atoms with E-state index < -0.39 is 43.1 Å². The Bertz CT molecular complexity index is 555. The summed E-state index contributed by atoms with van der Waals surface area (Å²) in [5.74, 6) is -1.01. The number of hydrogen-bond donors (Lipinski definition) is 4. The Morgan fingerprint density at radius 2 is 2.05 bits per heavy atom. The summed E-state index contributed by atoms with van der Waals surface area (Å²) in [6.07, 6.45) is 3.00. The van der Waals surface area contributed by atoms with E-state index in [4.69, 9.17) is 4.74 Å². The van der Waals surface area contributed by atoms with Gasteiger partial charge in [0.1, 0.15) is 18.0 Å². The summed E-state index contributed by atoms with van der Waals surface area (Å²) in [5.41, 5.74) is 0. The molecule has 0 bridgehead atoms. The van der Waals surface area contributed by atoms with Gasteiger partial charge in [0.25, 0.3) is 5.91 Å². The zero-order valence-electron chi connectivity index (χ0n) is 12.8. The van der Waals surface area contributed by atoms with Crippen LogP contribution in [0, 0.1) is 0 Å². The van der Waals surface area contributed by atoms with E-state index in [0.29, 0.717) is 6.42 Å². The van der Waals surface area contributed by atoms with Crippen LogP contribution in [0.15, 0.2) is 24.4 Å². The number of nitrogens with one attached hydrogen (secondary N) is 1. The van der Waals surface area contributed by atoms with Gasteiger partial charge in [0.15, 0.2) is 12.0 Å². The highest BCUT2D eigenvalue weighted by molar-refractivity contribution is 7.72. The highest BCUT2D eigenvalue weighted by atomic mass is 31.2. The monoisotopic (exact) mass is 330 g/mol. The molecule has 0 spiro atoms. The second-order valence-corrected chi connectivity index (χ2v) is 10.6. The molecule has 4 atom stereocenters. The predicted molar refractivity (Wildman–Crippen MR) is 85.9 cm³/mol. The summed E-state index contributed by atoms with van der Waals surface area (Å²) >= 11 is 0. The first-order valence-corrected chi connectivity index (χ1v) is 10.0. The molecular formula is C14H23N2O5P. The lowest BCUT2D eigenvalue weighted by molar-refractivity contribution is -0.122. The van der Waals surface area contributed by atoms with Gasteiger partial charge in [0.05, 0.1) is 12.3 Å². The van der Waals surface area contributed by atoms with Crippen molar-refractivity contribution >= 4 is 19.1 Å². The smallest absolute Gasteiger partial charge is 0.293 e. The van der Waals surface area contributed by atoms with Gasteiger partial charge in [0.2, 0.25) is 0 Å². The van der Waals surface area contributed by atoms with Crippen LogP contribution in [0.3, 0.4) is 0 Å². The fourth-order valence-electron chi connectivity index (χ4n) is 2.43. The zero-order valence-corrected chi connectivity index (χ0v) is 13.7. The molecule has 4 N–H and O–H groups in total. The maximum absolute atomic E-state index is 11.3. The van der Waals surface area contributed by atoms with Gasteiger partial charge < -0.3 is 30.3 Å². The Labute approximate surface area is 129 Å². The molecule has 1 fully saturated rings. The molecule has 0 aromatic carbocycles. The third kappa shape index (κ3) is 3.55. The molecule has 22 heavy (non-hydrogen) atoms. The molecule has 1 amide bonds. The zero-order chi connectivity index (χ0) is 16.7. The molecule has 0 aliphatic carbocycles. The predicted octanol–water partition coefficient (Wildman–Crippen LogP) is -0.165. The molecular weight excluding hydrogens is 307 g/mol. The maximum atomic E-state index is 11.3. The van der Waals surface area contributed by atoms with E-state index in [1.54, 1.807) is 0 Å². The first-order chi connectivity index (χ1) is 10.1. The van der Waals surface area contributed by atoms with Crippen molar-refractivity contribution in [2.24, 2.45) is 0 Å². The van der Waals surface area contributed by atoms with Crippen LogP contribution in [0.2, 0.25) is 0 Å². The maximum Gasteiger partial charge on any atom is 0.293 e. The van der Waals surface area contributed by atoms with Crippen LogP contribution in [0.1, 0.15) is 6.42 Å². The summed E-state index contributed by atoms with van der Waals surface area (Å²) in [6.45, 7) is 6.57. The SMILES string of the molecule is C=C1NC(=O)C(O)=CN1[C@@H]1O[C@H](CCP(=C)(C)C)[C@@H](O)[C@H]1O. The van der Waals surface area contributed by atoms with Gasteiger partial charge in [-0.2, -0.15) is 0 Å². The number of ether oxygens (including phenoxy) is 1. The van der Waals surface area contributed by atoms with E-state index in [2.05, 4.69) is 31.5 Å². The largest absolute Gasteiger partial charge is 0.502 e. The first kappa shape index (κ1) is 17.1. The van der Waals surface area contributed by atoms with Crippen molar-refractivity contribution in [3.63, 3.8) is 0 Å². The van der Waals surface area contributed by atoms with Crippen LogP contribution in [0.25, 0.3) is 0 Å². The molecule has 2 heterocycles. The van der Waals surface area contributed by atoms with Crippen LogP contribution >= 0.6 is 6.89 Å². The Kier molecular flexibility index (Phi) is 4.73. The van der Waals surface area contributed by atoms with E-state index in [1.165, 1.54) is 4.90 Å². The first-order valence-electron chi connectivity index (χ1n) is 6.98. The molecule has 0 unspecified atom stereocenters. The number of carbonyl (C=O) groups excluding carboxylic acids is 1. The topological polar surface area (TPSA) is 102 Å². The molecule has 2 aliphatic heterocycles. The van der Waals surface area contributed by atoms with E-state index in [-0.39, 0.29) is 5.82 Å². The minimum Gasteiger partial charge on any atom is -0.502 e. The quantitative estimate of drug-likeness (QED) is 0.534. The normalized spacial score (nSPS) is 32.9. The standard InChI is InChI=1S/C14H23N2O5P/c1-8-15-13(20)9(17)7-16(8)14-12(19)11(18)10(21-14)5-6-22(2,3)4/h7,10-12,14,17-19H,1-2,5-6H2,3-4H3,(H,15,20)/t10-,11-,12-,14-/m1/s1. The molecule has 0 saturated carbocycles. The number of aliphatic hydroxyl groups is 3. The molecule has 0 aromatic heterocycles. The van der Waals surface area contributed by atoms with Crippen molar-refractivity contribution in [3.05, 3.63) is 24.4 Å². The third-order valence-electron chi connectivity index (χ3n) is 3.69. The fraction of sp³-hybridized carbons (Fsp3) is 0.571. The van der Waals surface area contributed by atoms with Gasteiger partial charge in [-0.15, -0.1) is 13.2 Å². The van der Waals surface area contributed by atoms with E-state index >= 15 is 0 Å². The lowest BCUT2D eigenvalue weighted by atomic mass is 10.1. The average molecular weight is 330 g/mol. The van der Waals surface area contributed by atoms with Crippen LogP contribution < -0.4 is 5.32 Å². The van der Waals surface area contributed by atoms with Gasteiger partial charge in [-0.1, -0.05) is 6.58 Å². The molecule has 7 nitrogen and oxygen atoms in total. The van der Waals surface area contributed by atoms with Gasteiger partial charge >= 0.3 is 0 Å². The summed E-state index contributed by atoms with van der Waals surface area (Å²) in [7, 11) is 0. The van der Waals surface area contributed by atoms with E-state index in [9.17, 15) is 20.1 Å². The van der Waals surface area contributed by atoms with Crippen molar-refractivity contribution in [1.82, 2.24) is 10.2 Å². The Morgan fingerprint density at radius 1 is 1.41 bits per heavy atom. The lowest BCUT2D eigenvalue weighted by Crippen LogP contribution is -2.47. The molecule has 8 heteroatoms. The Morgan fingerprint density at radius 3 is 2.64 bits per heavy atom. The molecule has 2 rings (SSSR count). The molecule has 2 aliphatic rings. The van der Waals surface area contributed by atoms with Crippen LogP contribution in [-0.2, 0) is 9.53 Å². The number of carbonyl (C=O) groups is 1. The Hall–Kier alpha value is -1.27. The van der Waals surface area contributed by atoms with Gasteiger partial charge in [0, 0.05) is 0 Å². The number of amides is 1. The lowest BCUT2D eigenvalue weighted by Gasteiger charge is -2.33. The molecule has 0 radical (unpaired) electrons. The third-order valence-corrected chi connectivity index (χ3v) is 5.16. The van der Waals surface area contributed by atoms with Crippen LogP contribution in [0.5, 0.6) is 0 Å². The van der Waals surface area contributed by atoms with Crippen LogP contribution in [-0.4, -0.2) is 76.5 Å². The second kappa shape index (κ2) is 6.08. The number of nitrogens with zero attached hydrogens (tertiary/aromatic N) is 1. The van der Waals surface area contributed by atoms with Crippen molar-refractivity contribution < 1.29 is 24.9 Å². The Balaban J connectivity index is 2.11. The van der Waals surface area contributed by atoms with Crippen molar-refractivity contribution in [2.75, 3.05) is 19.5 Å². The highest BCUT2D eigenvalue weighted by Gasteiger charge is 2.46. The molecule has 0 aromatic rings. The number of aliphatic hydroxyl groups excluding tert-OH is 3. The van der Waals surface area contributed by atoms with Gasteiger partial charge in [-0.3, -0.25) is 4.79 Å². The van der Waals surface area contributed by atoms with Crippen molar-refractivity contribution in [3.8, 4) is 0 Å². The molecule has 1 saturated heterocycles. The fourth-order valence-corrected chi connectivity index (χ4v) is 3.38. The van der Waals surface area contributed by atoms with Crippen LogP contribution in [0.4, 0.5) is 0 Å². The van der Waals surface area contributed by atoms with Gasteiger partial charge in [-0.05, 0) is 25.9 Å². The minimum absolute atomic E-state index is 0.171. The highest BCUT2D eigenvalue weighted by Crippen LogP contribution is 2.38. The van der Waals surface area contributed by atoms with E-state index in [1.807, 2.05) is 0 Å². The summed E-state index contributed by atoms with van der Waals surface area (Å²) in [4.78, 5) is 12.6.